The summed E-state index contributed by atoms with van der Waals surface area (Å²) < 4.78 is 19.5. The zero-order chi connectivity index (χ0) is 13.2. The Morgan fingerprint density at radius 2 is 2.00 bits per heavy atom. The molecule has 1 aliphatic carbocycles. The molecule has 2 rings (SSSR count). The molecule has 1 aromatic heterocycles. The predicted molar refractivity (Wildman–Crippen MR) is 68.0 cm³/mol. The standard InChI is InChI=1S/C13H20FN3O/c1-4-15-11-10(14)9(2)16-12(17-11)13(18-3)7-5-6-8-13/h4-8H2,1-3H3,(H,15,16,17). The summed E-state index contributed by atoms with van der Waals surface area (Å²) in [5.41, 5.74) is -0.0536. The molecule has 0 amide bonds. The Morgan fingerprint density at radius 1 is 1.33 bits per heavy atom. The molecular weight excluding hydrogens is 233 g/mol. The van der Waals surface area contributed by atoms with Crippen molar-refractivity contribution in [2.24, 2.45) is 0 Å². The van der Waals surface area contributed by atoms with E-state index in [1.807, 2.05) is 6.92 Å². The van der Waals surface area contributed by atoms with Gasteiger partial charge in [-0.1, -0.05) is 0 Å². The maximum absolute atomic E-state index is 13.9. The molecule has 0 aromatic carbocycles. The fraction of sp³-hybridized carbons (Fsp3) is 0.692. The van der Waals surface area contributed by atoms with E-state index in [2.05, 4.69) is 15.3 Å². The molecule has 1 aromatic rings. The van der Waals surface area contributed by atoms with Gasteiger partial charge in [-0.2, -0.15) is 0 Å². The largest absolute Gasteiger partial charge is 0.370 e. The van der Waals surface area contributed by atoms with Crippen molar-refractivity contribution < 1.29 is 9.13 Å². The summed E-state index contributed by atoms with van der Waals surface area (Å²) in [6, 6.07) is 0. The molecule has 0 bridgehead atoms. The third-order valence-electron chi connectivity index (χ3n) is 3.57. The normalized spacial score (nSPS) is 18.0. The minimum Gasteiger partial charge on any atom is -0.370 e. The van der Waals surface area contributed by atoms with Gasteiger partial charge in [0.1, 0.15) is 5.60 Å². The Kier molecular flexibility index (Phi) is 3.80. The first-order chi connectivity index (χ1) is 8.63. The molecule has 1 heterocycles. The molecule has 0 unspecified atom stereocenters. The van der Waals surface area contributed by atoms with Gasteiger partial charge in [0, 0.05) is 13.7 Å². The maximum atomic E-state index is 13.9. The second kappa shape index (κ2) is 5.18. The lowest BCUT2D eigenvalue weighted by molar-refractivity contribution is -0.0164. The highest BCUT2D eigenvalue weighted by Gasteiger charge is 2.39. The van der Waals surface area contributed by atoms with E-state index in [1.165, 1.54) is 0 Å². The van der Waals surface area contributed by atoms with E-state index in [4.69, 9.17) is 4.74 Å². The fourth-order valence-corrected chi connectivity index (χ4v) is 2.51. The molecule has 0 aliphatic heterocycles. The van der Waals surface area contributed by atoms with Gasteiger partial charge >= 0.3 is 0 Å². The van der Waals surface area contributed by atoms with Crippen LogP contribution >= 0.6 is 0 Å². The molecule has 0 atom stereocenters. The van der Waals surface area contributed by atoms with Crippen LogP contribution in [0.15, 0.2) is 0 Å². The summed E-state index contributed by atoms with van der Waals surface area (Å²) in [6.07, 6.45) is 4.01. The highest BCUT2D eigenvalue weighted by Crippen LogP contribution is 2.40. The molecule has 0 spiro atoms. The lowest BCUT2D eigenvalue weighted by Crippen LogP contribution is -2.28. The summed E-state index contributed by atoms with van der Waals surface area (Å²) in [4.78, 5) is 8.62. The first-order valence-electron chi connectivity index (χ1n) is 6.46. The minimum absolute atomic E-state index is 0.281. The van der Waals surface area contributed by atoms with Crippen LogP contribution in [0.25, 0.3) is 0 Å². The van der Waals surface area contributed by atoms with E-state index in [-0.39, 0.29) is 11.6 Å². The lowest BCUT2D eigenvalue weighted by Gasteiger charge is -2.26. The van der Waals surface area contributed by atoms with Crippen LogP contribution in [-0.4, -0.2) is 23.6 Å². The first kappa shape index (κ1) is 13.2. The van der Waals surface area contributed by atoms with Crippen molar-refractivity contribution in [2.75, 3.05) is 19.0 Å². The quantitative estimate of drug-likeness (QED) is 0.896. The molecule has 18 heavy (non-hydrogen) atoms. The summed E-state index contributed by atoms with van der Waals surface area (Å²) in [5, 5.41) is 2.94. The van der Waals surface area contributed by atoms with Gasteiger partial charge in [-0.25, -0.2) is 14.4 Å². The van der Waals surface area contributed by atoms with Crippen molar-refractivity contribution in [3.8, 4) is 0 Å². The Balaban J connectivity index is 2.44. The molecule has 100 valence electrons. The van der Waals surface area contributed by atoms with Crippen LogP contribution in [0.4, 0.5) is 10.2 Å². The number of methoxy groups -OCH3 is 1. The Labute approximate surface area is 107 Å². The average Bonchev–Trinajstić information content (AvgIpc) is 2.85. The van der Waals surface area contributed by atoms with Crippen molar-refractivity contribution in [3.05, 3.63) is 17.3 Å². The minimum atomic E-state index is -0.428. The summed E-state index contributed by atoms with van der Waals surface area (Å²) in [6.45, 7) is 4.21. The molecule has 5 heteroatoms. The Hall–Kier alpha value is -1.23. The number of anilines is 1. The van der Waals surface area contributed by atoms with Gasteiger partial charge in [-0.05, 0) is 39.5 Å². The van der Waals surface area contributed by atoms with Gasteiger partial charge in [-0.3, -0.25) is 0 Å². The van der Waals surface area contributed by atoms with E-state index < -0.39 is 5.60 Å². The smallest absolute Gasteiger partial charge is 0.186 e. The van der Waals surface area contributed by atoms with Gasteiger partial charge in [0.25, 0.3) is 0 Å². The second-order valence-electron chi connectivity index (χ2n) is 4.73. The number of ether oxygens (including phenoxy) is 1. The number of hydrogen-bond acceptors (Lipinski definition) is 4. The third-order valence-corrected chi connectivity index (χ3v) is 3.57. The topological polar surface area (TPSA) is 47.0 Å². The number of aryl methyl sites for hydroxylation is 1. The number of hydrogen-bond donors (Lipinski definition) is 1. The van der Waals surface area contributed by atoms with Crippen LogP contribution in [-0.2, 0) is 10.3 Å². The average molecular weight is 253 g/mol. The van der Waals surface area contributed by atoms with Gasteiger partial charge < -0.3 is 10.1 Å². The van der Waals surface area contributed by atoms with Crippen LogP contribution in [0.1, 0.15) is 44.1 Å². The summed E-state index contributed by atoms with van der Waals surface area (Å²) in [7, 11) is 1.68. The number of rotatable bonds is 4. The highest BCUT2D eigenvalue weighted by molar-refractivity contribution is 5.38. The maximum Gasteiger partial charge on any atom is 0.186 e. The molecule has 4 nitrogen and oxygen atoms in total. The molecular formula is C13H20FN3O. The number of halogens is 1. The zero-order valence-corrected chi connectivity index (χ0v) is 11.2. The molecule has 0 radical (unpaired) electrons. The third kappa shape index (κ3) is 2.19. The van der Waals surface area contributed by atoms with Crippen molar-refractivity contribution in [2.45, 2.75) is 45.1 Å². The number of aromatic nitrogens is 2. The second-order valence-corrected chi connectivity index (χ2v) is 4.73. The van der Waals surface area contributed by atoms with Crippen LogP contribution < -0.4 is 5.32 Å². The van der Waals surface area contributed by atoms with Crippen LogP contribution in [0, 0.1) is 12.7 Å². The van der Waals surface area contributed by atoms with Gasteiger partial charge in [0.15, 0.2) is 17.5 Å². The van der Waals surface area contributed by atoms with Crippen molar-refractivity contribution in [1.82, 2.24) is 9.97 Å². The Morgan fingerprint density at radius 3 is 2.56 bits per heavy atom. The summed E-state index contributed by atoms with van der Waals surface area (Å²) >= 11 is 0. The predicted octanol–water partition coefficient (Wildman–Crippen LogP) is 2.77. The van der Waals surface area contributed by atoms with Crippen LogP contribution in [0.2, 0.25) is 0 Å². The number of nitrogens with zero attached hydrogens (tertiary/aromatic N) is 2. The first-order valence-corrected chi connectivity index (χ1v) is 6.46. The fourth-order valence-electron chi connectivity index (χ4n) is 2.51. The Bertz CT molecular complexity index is 430. The van der Waals surface area contributed by atoms with E-state index in [9.17, 15) is 4.39 Å². The molecule has 1 aliphatic rings. The van der Waals surface area contributed by atoms with Gasteiger partial charge in [-0.15, -0.1) is 0 Å². The van der Waals surface area contributed by atoms with E-state index >= 15 is 0 Å². The molecule has 0 saturated heterocycles. The highest BCUT2D eigenvalue weighted by atomic mass is 19.1. The van der Waals surface area contributed by atoms with Crippen LogP contribution in [0.3, 0.4) is 0 Å². The van der Waals surface area contributed by atoms with Crippen LogP contribution in [0.5, 0.6) is 0 Å². The monoisotopic (exact) mass is 253 g/mol. The van der Waals surface area contributed by atoms with E-state index in [0.29, 0.717) is 18.1 Å². The summed E-state index contributed by atoms with van der Waals surface area (Å²) in [5.74, 6) is 0.519. The molecule has 1 fully saturated rings. The van der Waals surface area contributed by atoms with E-state index in [1.54, 1.807) is 14.0 Å². The molecule has 1 saturated carbocycles. The lowest BCUT2D eigenvalue weighted by atomic mass is 10.0. The van der Waals surface area contributed by atoms with E-state index in [0.717, 1.165) is 25.7 Å². The van der Waals surface area contributed by atoms with Gasteiger partial charge in [0.05, 0.1) is 5.69 Å². The zero-order valence-electron chi connectivity index (χ0n) is 11.2. The molecule has 1 N–H and O–H groups in total. The SMILES string of the molecule is CCNc1nc(C2(OC)CCCC2)nc(C)c1F. The van der Waals surface area contributed by atoms with Crippen molar-refractivity contribution in [3.63, 3.8) is 0 Å². The number of nitrogens with one attached hydrogen (secondary N) is 1. The van der Waals surface area contributed by atoms with Crippen molar-refractivity contribution >= 4 is 5.82 Å². The van der Waals surface area contributed by atoms with Crippen molar-refractivity contribution in [1.29, 1.82) is 0 Å². The van der Waals surface area contributed by atoms with Gasteiger partial charge in [0.2, 0.25) is 0 Å².